The Kier molecular flexibility index (Phi) is 3.19. The molecule has 1 nitrogen and oxygen atoms in total. The Bertz CT molecular complexity index is 398. The molecule has 0 radical (unpaired) electrons. The van der Waals surface area contributed by atoms with E-state index >= 15 is 0 Å². The second-order valence-electron chi connectivity index (χ2n) is 6.33. The van der Waals surface area contributed by atoms with Gasteiger partial charge >= 0.3 is 0 Å². The van der Waals surface area contributed by atoms with E-state index in [0.717, 1.165) is 12.3 Å². The molecule has 0 saturated heterocycles. The van der Waals surface area contributed by atoms with Crippen molar-refractivity contribution in [2.24, 2.45) is 11.3 Å². The van der Waals surface area contributed by atoms with Gasteiger partial charge in [0.2, 0.25) is 0 Å². The fourth-order valence-corrected chi connectivity index (χ4v) is 3.10. The minimum atomic E-state index is 0.493. The van der Waals surface area contributed by atoms with Crippen LogP contribution >= 0.6 is 0 Å². The average molecular weight is 243 g/mol. The Hall–Kier alpha value is -0.820. The molecule has 1 atom stereocenters. The molecule has 3 rings (SSSR count). The van der Waals surface area contributed by atoms with Crippen LogP contribution in [0.5, 0.6) is 0 Å². The zero-order chi connectivity index (χ0) is 12.6. The van der Waals surface area contributed by atoms with Crippen LogP contribution in [0.15, 0.2) is 24.3 Å². The number of rotatable bonds is 6. The topological polar surface area (TPSA) is 12.0 Å². The Morgan fingerprint density at radius 3 is 2.39 bits per heavy atom. The van der Waals surface area contributed by atoms with Gasteiger partial charge in [-0.3, -0.25) is 0 Å². The smallest absolute Gasteiger partial charge is 0.0292 e. The maximum absolute atomic E-state index is 3.76. The lowest BCUT2D eigenvalue weighted by Gasteiger charge is -2.20. The Morgan fingerprint density at radius 1 is 1.22 bits per heavy atom. The summed E-state index contributed by atoms with van der Waals surface area (Å²) in [5.41, 5.74) is 3.57. The van der Waals surface area contributed by atoms with Gasteiger partial charge in [-0.1, -0.05) is 31.2 Å². The molecule has 2 fully saturated rings. The van der Waals surface area contributed by atoms with Crippen molar-refractivity contribution >= 4 is 0 Å². The number of hydrogen-bond donors (Lipinski definition) is 1. The Balaban J connectivity index is 1.55. The molecule has 18 heavy (non-hydrogen) atoms. The van der Waals surface area contributed by atoms with Crippen LogP contribution in [0.25, 0.3) is 0 Å². The summed E-state index contributed by atoms with van der Waals surface area (Å²) in [6, 6.07) is 9.59. The third-order valence-corrected chi connectivity index (χ3v) is 4.98. The van der Waals surface area contributed by atoms with E-state index in [1.165, 1.54) is 43.4 Å². The molecule has 1 heteroatoms. The normalized spacial score (nSPS) is 22.8. The fraction of sp³-hybridized carbons (Fsp3) is 0.647. The first-order valence-electron chi connectivity index (χ1n) is 7.56. The zero-order valence-corrected chi connectivity index (χ0v) is 11.7. The van der Waals surface area contributed by atoms with Crippen molar-refractivity contribution in [2.45, 2.75) is 52.0 Å². The average Bonchev–Trinajstić information content (AvgIpc) is 3.28. The van der Waals surface area contributed by atoms with Gasteiger partial charge in [-0.05, 0) is 61.5 Å². The van der Waals surface area contributed by atoms with E-state index in [-0.39, 0.29) is 0 Å². The molecule has 0 bridgehead atoms. The second-order valence-corrected chi connectivity index (χ2v) is 6.33. The minimum absolute atomic E-state index is 0.493. The lowest BCUT2D eigenvalue weighted by Crippen LogP contribution is -2.28. The van der Waals surface area contributed by atoms with Gasteiger partial charge in [0, 0.05) is 12.6 Å². The van der Waals surface area contributed by atoms with Crippen LogP contribution in [0, 0.1) is 11.3 Å². The molecule has 2 saturated carbocycles. The van der Waals surface area contributed by atoms with E-state index in [1.807, 2.05) is 0 Å². The van der Waals surface area contributed by atoms with Gasteiger partial charge in [0.15, 0.2) is 0 Å². The van der Waals surface area contributed by atoms with Crippen LogP contribution in [0.3, 0.4) is 0 Å². The molecule has 0 aliphatic heterocycles. The maximum Gasteiger partial charge on any atom is 0.0292 e. The van der Waals surface area contributed by atoms with Gasteiger partial charge in [0.05, 0.1) is 0 Å². The Labute approximate surface area is 111 Å². The van der Waals surface area contributed by atoms with Crippen molar-refractivity contribution < 1.29 is 0 Å². The molecule has 1 unspecified atom stereocenters. The highest BCUT2D eigenvalue weighted by atomic mass is 14.9. The summed E-state index contributed by atoms with van der Waals surface area (Å²) >= 11 is 0. The van der Waals surface area contributed by atoms with Gasteiger partial charge in [-0.25, -0.2) is 0 Å². The van der Waals surface area contributed by atoms with Gasteiger partial charge in [-0.15, -0.1) is 0 Å². The van der Waals surface area contributed by atoms with Crippen molar-refractivity contribution in [1.29, 1.82) is 0 Å². The Morgan fingerprint density at radius 2 is 1.89 bits per heavy atom. The number of nitrogens with one attached hydrogen (secondary N) is 1. The molecule has 0 spiro atoms. The van der Waals surface area contributed by atoms with Crippen molar-refractivity contribution in [2.75, 3.05) is 6.54 Å². The molecule has 0 aromatic heterocycles. The molecular weight excluding hydrogens is 218 g/mol. The number of hydrogen-bond acceptors (Lipinski definition) is 1. The third-order valence-electron chi connectivity index (χ3n) is 4.98. The predicted molar refractivity (Wildman–Crippen MR) is 76.6 cm³/mol. The van der Waals surface area contributed by atoms with E-state index in [4.69, 9.17) is 0 Å². The maximum atomic E-state index is 3.76. The molecule has 2 aliphatic carbocycles. The van der Waals surface area contributed by atoms with E-state index in [9.17, 15) is 0 Å². The largest absolute Gasteiger partial charge is 0.310 e. The van der Waals surface area contributed by atoms with Gasteiger partial charge in [0.1, 0.15) is 0 Å². The summed E-state index contributed by atoms with van der Waals surface area (Å²) in [5.74, 6) is 1.06. The van der Waals surface area contributed by atoms with Crippen molar-refractivity contribution in [3.8, 4) is 0 Å². The first-order valence-corrected chi connectivity index (χ1v) is 7.56. The summed E-state index contributed by atoms with van der Waals surface area (Å²) in [7, 11) is 0. The van der Waals surface area contributed by atoms with E-state index in [2.05, 4.69) is 43.4 Å². The molecule has 2 aliphatic rings. The van der Waals surface area contributed by atoms with Gasteiger partial charge in [-0.2, -0.15) is 0 Å². The van der Waals surface area contributed by atoms with Crippen molar-refractivity contribution in [1.82, 2.24) is 5.32 Å². The molecule has 1 aromatic carbocycles. The molecule has 98 valence electrons. The lowest BCUT2D eigenvalue weighted by molar-refractivity contribution is 0.382. The second kappa shape index (κ2) is 4.70. The zero-order valence-electron chi connectivity index (χ0n) is 11.7. The number of benzene rings is 1. The highest BCUT2D eigenvalue weighted by Crippen LogP contribution is 2.60. The molecule has 1 aromatic rings. The van der Waals surface area contributed by atoms with Crippen molar-refractivity contribution in [3.05, 3.63) is 35.4 Å². The van der Waals surface area contributed by atoms with E-state index < -0.39 is 0 Å². The van der Waals surface area contributed by atoms with E-state index in [1.54, 1.807) is 0 Å². The van der Waals surface area contributed by atoms with Crippen LogP contribution < -0.4 is 5.32 Å². The molecule has 0 heterocycles. The van der Waals surface area contributed by atoms with Crippen LogP contribution in [-0.4, -0.2) is 6.54 Å². The quantitative estimate of drug-likeness (QED) is 0.793. The summed E-state index contributed by atoms with van der Waals surface area (Å²) in [6.45, 7) is 5.74. The minimum Gasteiger partial charge on any atom is -0.310 e. The highest BCUT2D eigenvalue weighted by molar-refractivity contribution is 5.24. The summed E-state index contributed by atoms with van der Waals surface area (Å²) in [6.07, 6.45) is 7.04. The molecular formula is C17H25N. The monoisotopic (exact) mass is 243 g/mol. The summed E-state index contributed by atoms with van der Waals surface area (Å²) < 4.78 is 0. The lowest BCUT2D eigenvalue weighted by atomic mass is 9.99. The first kappa shape index (κ1) is 12.2. The highest BCUT2D eigenvalue weighted by Gasteiger charge is 2.53. The van der Waals surface area contributed by atoms with Crippen LogP contribution in [0.2, 0.25) is 0 Å². The third kappa shape index (κ3) is 2.47. The molecule has 1 N–H and O–H groups in total. The number of aryl methyl sites for hydroxylation is 1. The first-order chi connectivity index (χ1) is 8.73. The van der Waals surface area contributed by atoms with Crippen LogP contribution in [0.4, 0.5) is 0 Å². The standard InChI is InChI=1S/C17H25N/c1-3-14-4-6-15(7-5-14)13(2)18-12-17(10-11-17)16-8-9-16/h4-7,13,16,18H,3,8-12H2,1-2H3. The van der Waals surface area contributed by atoms with Crippen LogP contribution in [-0.2, 0) is 6.42 Å². The van der Waals surface area contributed by atoms with E-state index in [0.29, 0.717) is 11.5 Å². The van der Waals surface area contributed by atoms with Crippen LogP contribution in [0.1, 0.15) is 56.7 Å². The predicted octanol–water partition coefficient (Wildman–Crippen LogP) is 4.09. The van der Waals surface area contributed by atoms with Crippen molar-refractivity contribution in [3.63, 3.8) is 0 Å². The molecule has 0 amide bonds. The SMILES string of the molecule is CCc1ccc(C(C)NCC2(C3CC3)CC2)cc1. The fourth-order valence-electron chi connectivity index (χ4n) is 3.10. The summed E-state index contributed by atoms with van der Waals surface area (Å²) in [4.78, 5) is 0. The summed E-state index contributed by atoms with van der Waals surface area (Å²) in [5, 5.41) is 3.76. The van der Waals surface area contributed by atoms with Gasteiger partial charge < -0.3 is 5.32 Å². The van der Waals surface area contributed by atoms with Gasteiger partial charge in [0.25, 0.3) is 0 Å².